The molecule has 0 radical (unpaired) electrons. The molecule has 0 saturated carbocycles. The first-order valence-electron chi connectivity index (χ1n) is 6.46. The molecule has 1 rings (SSSR count). The average Bonchev–Trinajstić information content (AvgIpc) is 2.75. The summed E-state index contributed by atoms with van der Waals surface area (Å²) in [6.07, 6.45) is 2.93. The molecule has 1 heterocycles. The molecule has 19 heavy (non-hydrogen) atoms. The third-order valence-electron chi connectivity index (χ3n) is 3.25. The van der Waals surface area contributed by atoms with E-state index in [9.17, 15) is 9.59 Å². The second kappa shape index (κ2) is 6.36. The fourth-order valence-electron chi connectivity index (χ4n) is 1.89. The van der Waals surface area contributed by atoms with Crippen LogP contribution in [0.25, 0.3) is 0 Å². The van der Waals surface area contributed by atoms with Gasteiger partial charge in [-0.15, -0.1) is 0 Å². The quantitative estimate of drug-likeness (QED) is 0.811. The Hall–Kier alpha value is -1.85. The normalized spacial score (nSPS) is 13.9. The largest absolute Gasteiger partial charge is 0.480 e. The average molecular weight is 267 g/mol. The van der Waals surface area contributed by atoms with Crippen LogP contribution in [0.3, 0.4) is 0 Å². The monoisotopic (exact) mass is 267 g/mol. The van der Waals surface area contributed by atoms with Gasteiger partial charge in [-0.05, 0) is 12.3 Å². The SMILES string of the molecule is CCc1nn(C)cc1C(=O)N[C@H](C(=O)O)[C@@H](C)CC. The number of aryl methyl sites for hydroxylation is 2. The number of aliphatic carboxylic acids is 1. The van der Waals surface area contributed by atoms with E-state index < -0.39 is 12.0 Å². The highest BCUT2D eigenvalue weighted by Crippen LogP contribution is 2.11. The minimum atomic E-state index is -1.01. The van der Waals surface area contributed by atoms with E-state index in [1.807, 2.05) is 20.8 Å². The second-order valence-corrected chi connectivity index (χ2v) is 4.69. The first-order valence-corrected chi connectivity index (χ1v) is 6.46. The molecule has 106 valence electrons. The van der Waals surface area contributed by atoms with Crippen molar-refractivity contribution in [1.29, 1.82) is 0 Å². The van der Waals surface area contributed by atoms with Crippen LogP contribution in [0.15, 0.2) is 6.20 Å². The van der Waals surface area contributed by atoms with Crippen LogP contribution in [0.4, 0.5) is 0 Å². The summed E-state index contributed by atoms with van der Waals surface area (Å²) >= 11 is 0. The van der Waals surface area contributed by atoms with Crippen LogP contribution < -0.4 is 5.32 Å². The standard InChI is InChI=1S/C13H21N3O3/c1-5-8(3)11(13(18)19)14-12(17)9-7-16(4)15-10(9)6-2/h7-8,11H,5-6H2,1-4H3,(H,14,17)(H,18,19)/t8-,11-/m0/s1. The Kier molecular flexibility index (Phi) is 5.09. The highest BCUT2D eigenvalue weighted by atomic mass is 16.4. The predicted octanol–water partition coefficient (Wildman–Crippen LogP) is 1.21. The van der Waals surface area contributed by atoms with Gasteiger partial charge in [0, 0.05) is 13.2 Å². The molecule has 0 saturated heterocycles. The summed E-state index contributed by atoms with van der Waals surface area (Å²) in [4.78, 5) is 23.3. The van der Waals surface area contributed by atoms with Gasteiger partial charge in [0.15, 0.2) is 0 Å². The van der Waals surface area contributed by atoms with Crippen LogP contribution >= 0.6 is 0 Å². The molecular weight excluding hydrogens is 246 g/mol. The summed E-state index contributed by atoms with van der Waals surface area (Å²) in [6, 6.07) is -0.873. The topological polar surface area (TPSA) is 84.2 Å². The van der Waals surface area contributed by atoms with Crippen molar-refractivity contribution in [2.45, 2.75) is 39.7 Å². The van der Waals surface area contributed by atoms with Gasteiger partial charge in [-0.1, -0.05) is 27.2 Å². The van der Waals surface area contributed by atoms with E-state index in [-0.39, 0.29) is 11.8 Å². The number of nitrogens with one attached hydrogen (secondary N) is 1. The number of hydrogen-bond donors (Lipinski definition) is 2. The number of hydrogen-bond acceptors (Lipinski definition) is 3. The zero-order chi connectivity index (χ0) is 14.6. The van der Waals surface area contributed by atoms with Crippen molar-refractivity contribution in [1.82, 2.24) is 15.1 Å². The second-order valence-electron chi connectivity index (χ2n) is 4.69. The summed E-state index contributed by atoms with van der Waals surface area (Å²) in [5, 5.41) is 15.9. The molecule has 6 heteroatoms. The fraction of sp³-hybridized carbons (Fsp3) is 0.615. The summed E-state index contributed by atoms with van der Waals surface area (Å²) in [6.45, 7) is 5.61. The molecule has 1 amide bonds. The summed E-state index contributed by atoms with van der Waals surface area (Å²) < 4.78 is 1.56. The molecule has 1 aromatic heterocycles. The minimum absolute atomic E-state index is 0.122. The lowest BCUT2D eigenvalue weighted by molar-refractivity contribution is -0.140. The van der Waals surface area contributed by atoms with Crippen molar-refractivity contribution in [2.24, 2.45) is 13.0 Å². The molecule has 0 aliphatic heterocycles. The van der Waals surface area contributed by atoms with E-state index in [4.69, 9.17) is 5.11 Å². The minimum Gasteiger partial charge on any atom is -0.480 e. The Balaban J connectivity index is 2.90. The van der Waals surface area contributed by atoms with Gasteiger partial charge in [-0.2, -0.15) is 5.10 Å². The van der Waals surface area contributed by atoms with Crippen molar-refractivity contribution in [2.75, 3.05) is 0 Å². The number of aromatic nitrogens is 2. The first-order chi connectivity index (χ1) is 8.90. The zero-order valence-electron chi connectivity index (χ0n) is 11.8. The van der Waals surface area contributed by atoms with E-state index in [0.29, 0.717) is 24.1 Å². The summed E-state index contributed by atoms with van der Waals surface area (Å²) in [5.41, 5.74) is 1.12. The Bertz CT molecular complexity index is 468. The van der Waals surface area contributed by atoms with Crippen LogP contribution in [0.5, 0.6) is 0 Å². The van der Waals surface area contributed by atoms with Crippen LogP contribution in [0, 0.1) is 5.92 Å². The van der Waals surface area contributed by atoms with Crippen molar-refractivity contribution >= 4 is 11.9 Å². The maximum absolute atomic E-state index is 12.1. The smallest absolute Gasteiger partial charge is 0.326 e. The number of carbonyl (C=O) groups is 2. The maximum Gasteiger partial charge on any atom is 0.326 e. The number of carboxylic acid groups (broad SMARTS) is 1. The maximum atomic E-state index is 12.1. The summed E-state index contributed by atoms with van der Waals surface area (Å²) in [5.74, 6) is -1.51. The summed E-state index contributed by atoms with van der Waals surface area (Å²) in [7, 11) is 1.74. The third-order valence-corrected chi connectivity index (χ3v) is 3.25. The van der Waals surface area contributed by atoms with Gasteiger partial charge < -0.3 is 10.4 Å². The number of nitrogens with zero attached hydrogens (tertiary/aromatic N) is 2. The molecule has 2 N–H and O–H groups in total. The van der Waals surface area contributed by atoms with Gasteiger partial charge in [0.2, 0.25) is 0 Å². The molecule has 0 fully saturated rings. The van der Waals surface area contributed by atoms with Crippen LogP contribution in [0.2, 0.25) is 0 Å². The Morgan fingerprint density at radius 1 is 1.47 bits per heavy atom. The highest BCUT2D eigenvalue weighted by molar-refractivity contribution is 5.97. The molecule has 0 bridgehead atoms. The Morgan fingerprint density at radius 3 is 2.58 bits per heavy atom. The highest BCUT2D eigenvalue weighted by Gasteiger charge is 2.27. The van der Waals surface area contributed by atoms with E-state index in [2.05, 4.69) is 10.4 Å². The fourth-order valence-corrected chi connectivity index (χ4v) is 1.89. The third kappa shape index (κ3) is 3.56. The number of carboxylic acids is 1. The van der Waals surface area contributed by atoms with Gasteiger partial charge in [0.05, 0.1) is 11.3 Å². The lowest BCUT2D eigenvalue weighted by Crippen LogP contribution is -2.45. The molecule has 0 aromatic carbocycles. The van der Waals surface area contributed by atoms with E-state index >= 15 is 0 Å². The van der Waals surface area contributed by atoms with Crippen molar-refractivity contribution < 1.29 is 14.7 Å². The molecule has 0 unspecified atom stereocenters. The van der Waals surface area contributed by atoms with Crippen LogP contribution in [-0.4, -0.2) is 32.8 Å². The van der Waals surface area contributed by atoms with Gasteiger partial charge in [-0.25, -0.2) is 4.79 Å². The number of rotatable bonds is 6. The van der Waals surface area contributed by atoms with E-state index in [0.717, 1.165) is 0 Å². The molecule has 0 aliphatic carbocycles. The van der Waals surface area contributed by atoms with Crippen molar-refractivity contribution in [3.63, 3.8) is 0 Å². The lowest BCUT2D eigenvalue weighted by Gasteiger charge is -2.19. The Morgan fingerprint density at radius 2 is 2.11 bits per heavy atom. The molecule has 1 aromatic rings. The predicted molar refractivity (Wildman–Crippen MR) is 70.9 cm³/mol. The number of carbonyl (C=O) groups excluding carboxylic acids is 1. The van der Waals surface area contributed by atoms with Gasteiger partial charge in [0.1, 0.15) is 6.04 Å². The van der Waals surface area contributed by atoms with Gasteiger partial charge in [-0.3, -0.25) is 9.48 Å². The molecule has 0 spiro atoms. The van der Waals surface area contributed by atoms with E-state index in [1.54, 1.807) is 17.9 Å². The van der Waals surface area contributed by atoms with Crippen molar-refractivity contribution in [3.05, 3.63) is 17.5 Å². The number of amides is 1. The van der Waals surface area contributed by atoms with Gasteiger partial charge >= 0.3 is 5.97 Å². The first kappa shape index (κ1) is 15.2. The van der Waals surface area contributed by atoms with Crippen LogP contribution in [-0.2, 0) is 18.3 Å². The Labute approximate surface area is 112 Å². The van der Waals surface area contributed by atoms with E-state index in [1.165, 1.54) is 0 Å². The molecule has 2 atom stereocenters. The van der Waals surface area contributed by atoms with Crippen molar-refractivity contribution in [3.8, 4) is 0 Å². The van der Waals surface area contributed by atoms with Crippen LogP contribution in [0.1, 0.15) is 43.2 Å². The zero-order valence-corrected chi connectivity index (χ0v) is 11.8. The molecular formula is C13H21N3O3. The lowest BCUT2D eigenvalue weighted by atomic mass is 9.99. The molecule has 6 nitrogen and oxygen atoms in total. The molecule has 0 aliphatic rings. The van der Waals surface area contributed by atoms with Gasteiger partial charge in [0.25, 0.3) is 5.91 Å².